The van der Waals surface area contributed by atoms with E-state index in [1.165, 1.54) is 0 Å². The Morgan fingerprint density at radius 2 is 2.11 bits per heavy atom. The number of hydrogen-bond donors (Lipinski definition) is 2. The van der Waals surface area contributed by atoms with Gasteiger partial charge in [-0.15, -0.1) is 0 Å². The predicted octanol–water partition coefficient (Wildman–Crippen LogP) is 2.40. The molecule has 1 fully saturated rings. The van der Waals surface area contributed by atoms with Gasteiger partial charge in [0, 0.05) is 22.1 Å². The van der Waals surface area contributed by atoms with Crippen molar-refractivity contribution >= 4 is 27.5 Å². The highest BCUT2D eigenvalue weighted by Gasteiger charge is 2.20. The molecule has 0 aliphatic carbocycles. The Hall–Kier alpha value is -1.07. The molecule has 1 aromatic carbocycles. The lowest BCUT2D eigenvalue weighted by molar-refractivity contribution is -0.120. The van der Waals surface area contributed by atoms with Crippen LogP contribution < -0.4 is 15.4 Å². The summed E-state index contributed by atoms with van der Waals surface area (Å²) >= 11 is 3.40. The molecule has 1 aliphatic heterocycles. The molecule has 1 heterocycles. The van der Waals surface area contributed by atoms with Crippen LogP contribution in [0.3, 0.4) is 0 Å². The van der Waals surface area contributed by atoms with E-state index in [4.69, 9.17) is 4.74 Å². The van der Waals surface area contributed by atoms with Gasteiger partial charge in [0.1, 0.15) is 5.75 Å². The third-order valence-corrected chi connectivity index (χ3v) is 3.54. The molecular weight excluding hydrogens is 296 g/mol. The Morgan fingerprint density at radius 1 is 1.39 bits per heavy atom. The quantitative estimate of drug-likeness (QED) is 0.901. The molecule has 4 nitrogen and oxygen atoms in total. The Bertz CT molecular complexity index is 431. The van der Waals surface area contributed by atoms with Crippen LogP contribution in [0.1, 0.15) is 12.8 Å². The van der Waals surface area contributed by atoms with Crippen LogP contribution in [0.5, 0.6) is 5.75 Å². The van der Waals surface area contributed by atoms with Gasteiger partial charge in [0.15, 0.2) is 0 Å². The molecule has 1 aromatic rings. The highest BCUT2D eigenvalue weighted by Crippen LogP contribution is 2.25. The maximum atomic E-state index is 12.1. The molecule has 0 bridgehead atoms. The van der Waals surface area contributed by atoms with E-state index in [1.54, 1.807) is 7.11 Å². The summed E-state index contributed by atoms with van der Waals surface area (Å²) in [5, 5.41) is 6.20. The first kappa shape index (κ1) is 13.4. The van der Waals surface area contributed by atoms with E-state index in [2.05, 4.69) is 26.6 Å². The minimum atomic E-state index is 0.0941. The van der Waals surface area contributed by atoms with Crippen LogP contribution in [-0.4, -0.2) is 26.1 Å². The van der Waals surface area contributed by atoms with Crippen molar-refractivity contribution in [3.63, 3.8) is 0 Å². The molecule has 2 N–H and O–H groups in total. The molecule has 2 rings (SSSR count). The third-order valence-electron chi connectivity index (χ3n) is 3.08. The molecule has 18 heavy (non-hydrogen) atoms. The van der Waals surface area contributed by atoms with Crippen molar-refractivity contribution in [1.29, 1.82) is 0 Å². The van der Waals surface area contributed by atoms with E-state index in [0.717, 1.165) is 41.8 Å². The lowest BCUT2D eigenvalue weighted by atomic mass is 9.97. The van der Waals surface area contributed by atoms with Crippen LogP contribution >= 0.6 is 15.9 Å². The summed E-state index contributed by atoms with van der Waals surface area (Å²) in [5.41, 5.74) is 0.768. The standard InChI is InChI=1S/C13H17BrN2O2/c1-18-12-7-10(14)6-11(8-12)16-13(17)9-2-4-15-5-3-9/h6-9,15H,2-5H2,1H3,(H,16,17). The van der Waals surface area contributed by atoms with Gasteiger partial charge >= 0.3 is 0 Å². The molecule has 0 saturated carbocycles. The number of anilines is 1. The Kier molecular flexibility index (Phi) is 4.60. The van der Waals surface area contributed by atoms with Crippen molar-refractivity contribution in [3.05, 3.63) is 22.7 Å². The van der Waals surface area contributed by atoms with Crippen LogP contribution in [0.15, 0.2) is 22.7 Å². The normalized spacial score (nSPS) is 16.3. The average molecular weight is 313 g/mol. The largest absolute Gasteiger partial charge is 0.497 e. The summed E-state index contributed by atoms with van der Waals surface area (Å²) in [7, 11) is 1.61. The first-order valence-electron chi connectivity index (χ1n) is 6.05. The van der Waals surface area contributed by atoms with Gasteiger partial charge in [-0.05, 0) is 38.1 Å². The number of piperidine rings is 1. The summed E-state index contributed by atoms with van der Waals surface area (Å²) in [6.45, 7) is 1.83. The fourth-order valence-electron chi connectivity index (χ4n) is 2.08. The minimum absolute atomic E-state index is 0.0941. The lowest BCUT2D eigenvalue weighted by Gasteiger charge is -2.21. The van der Waals surface area contributed by atoms with Gasteiger partial charge in [0.2, 0.25) is 5.91 Å². The second-order valence-corrected chi connectivity index (χ2v) is 5.31. The fraction of sp³-hybridized carbons (Fsp3) is 0.462. The van der Waals surface area contributed by atoms with Crippen molar-refractivity contribution in [3.8, 4) is 5.75 Å². The van der Waals surface area contributed by atoms with Crippen molar-refractivity contribution in [2.24, 2.45) is 5.92 Å². The molecule has 98 valence electrons. The summed E-state index contributed by atoms with van der Waals surface area (Å²) < 4.78 is 6.06. The maximum Gasteiger partial charge on any atom is 0.227 e. The highest BCUT2D eigenvalue weighted by molar-refractivity contribution is 9.10. The smallest absolute Gasteiger partial charge is 0.227 e. The van der Waals surface area contributed by atoms with Crippen molar-refractivity contribution < 1.29 is 9.53 Å². The SMILES string of the molecule is COc1cc(Br)cc(NC(=O)C2CCNCC2)c1. The van der Waals surface area contributed by atoms with E-state index in [9.17, 15) is 4.79 Å². The first-order valence-corrected chi connectivity index (χ1v) is 6.84. The van der Waals surface area contributed by atoms with Gasteiger partial charge in [-0.2, -0.15) is 0 Å². The summed E-state index contributed by atoms with van der Waals surface area (Å²) in [4.78, 5) is 12.1. The monoisotopic (exact) mass is 312 g/mol. The molecule has 1 amide bonds. The van der Waals surface area contributed by atoms with Crippen LogP contribution in [0.4, 0.5) is 5.69 Å². The van der Waals surface area contributed by atoms with Gasteiger partial charge in [-0.1, -0.05) is 15.9 Å². The first-order chi connectivity index (χ1) is 8.69. The number of carbonyl (C=O) groups is 1. The number of amides is 1. The second kappa shape index (κ2) is 6.20. The number of carbonyl (C=O) groups excluding carboxylic acids is 1. The molecule has 0 spiro atoms. The molecule has 1 aliphatic rings. The molecule has 1 saturated heterocycles. The lowest BCUT2D eigenvalue weighted by Crippen LogP contribution is -2.34. The molecular formula is C13H17BrN2O2. The minimum Gasteiger partial charge on any atom is -0.497 e. The Morgan fingerprint density at radius 3 is 2.78 bits per heavy atom. The number of methoxy groups -OCH3 is 1. The molecule has 0 atom stereocenters. The zero-order valence-electron chi connectivity index (χ0n) is 10.3. The number of ether oxygens (including phenoxy) is 1. The van der Waals surface area contributed by atoms with Gasteiger partial charge in [-0.25, -0.2) is 0 Å². The predicted molar refractivity (Wildman–Crippen MR) is 74.9 cm³/mol. The van der Waals surface area contributed by atoms with Crippen LogP contribution in [-0.2, 0) is 4.79 Å². The van der Waals surface area contributed by atoms with E-state index in [-0.39, 0.29) is 11.8 Å². The summed E-state index contributed by atoms with van der Waals surface area (Å²) in [5.74, 6) is 0.929. The number of hydrogen-bond acceptors (Lipinski definition) is 3. The fourth-order valence-corrected chi connectivity index (χ4v) is 2.55. The second-order valence-electron chi connectivity index (χ2n) is 4.39. The number of nitrogens with one attached hydrogen (secondary N) is 2. The Balaban J connectivity index is 2.03. The Labute approximate surface area is 115 Å². The average Bonchev–Trinajstić information content (AvgIpc) is 2.39. The number of benzene rings is 1. The van der Waals surface area contributed by atoms with E-state index in [0.29, 0.717) is 0 Å². The highest BCUT2D eigenvalue weighted by atomic mass is 79.9. The van der Waals surface area contributed by atoms with E-state index in [1.807, 2.05) is 18.2 Å². The van der Waals surface area contributed by atoms with E-state index >= 15 is 0 Å². The number of halogens is 1. The molecule has 0 unspecified atom stereocenters. The summed E-state index contributed by atoms with van der Waals surface area (Å²) in [6, 6.07) is 5.56. The molecule has 0 aromatic heterocycles. The van der Waals surface area contributed by atoms with Crippen LogP contribution in [0.2, 0.25) is 0 Å². The summed E-state index contributed by atoms with van der Waals surface area (Å²) in [6.07, 6.45) is 1.80. The zero-order chi connectivity index (χ0) is 13.0. The van der Waals surface area contributed by atoms with Gasteiger partial charge in [-0.3, -0.25) is 4.79 Å². The topological polar surface area (TPSA) is 50.4 Å². The van der Waals surface area contributed by atoms with Crippen LogP contribution in [0.25, 0.3) is 0 Å². The van der Waals surface area contributed by atoms with Crippen molar-refractivity contribution in [1.82, 2.24) is 5.32 Å². The van der Waals surface area contributed by atoms with E-state index < -0.39 is 0 Å². The number of rotatable bonds is 3. The van der Waals surface area contributed by atoms with Gasteiger partial charge < -0.3 is 15.4 Å². The van der Waals surface area contributed by atoms with Gasteiger partial charge in [0.05, 0.1) is 7.11 Å². The van der Waals surface area contributed by atoms with Gasteiger partial charge in [0.25, 0.3) is 0 Å². The van der Waals surface area contributed by atoms with Crippen molar-refractivity contribution in [2.45, 2.75) is 12.8 Å². The maximum absolute atomic E-state index is 12.1. The molecule has 5 heteroatoms. The molecule has 0 radical (unpaired) electrons. The third kappa shape index (κ3) is 3.46. The van der Waals surface area contributed by atoms with Crippen molar-refractivity contribution in [2.75, 3.05) is 25.5 Å². The van der Waals surface area contributed by atoms with Crippen LogP contribution in [0, 0.1) is 5.92 Å². The zero-order valence-corrected chi connectivity index (χ0v) is 11.9.